The fourth-order valence-corrected chi connectivity index (χ4v) is 1.94. The number of phenolic OH excluding ortho intramolecular Hbond substituents is 1. The summed E-state index contributed by atoms with van der Waals surface area (Å²) in [6, 6.07) is 4.35. The Hall–Kier alpha value is -1.72. The molecular formula is C11H9Cl2N3O2. The average molecular weight is 286 g/mol. The van der Waals surface area contributed by atoms with E-state index >= 15 is 0 Å². The summed E-state index contributed by atoms with van der Waals surface area (Å²) in [5.41, 5.74) is 0.504. The molecule has 1 amide bonds. The topological polar surface area (TPSA) is 67.2 Å². The highest BCUT2D eigenvalue weighted by molar-refractivity contribution is 6.36. The van der Waals surface area contributed by atoms with Crippen LogP contribution in [0.25, 0.3) is 0 Å². The molecule has 1 heterocycles. The van der Waals surface area contributed by atoms with Gasteiger partial charge in [-0.1, -0.05) is 23.2 Å². The highest BCUT2D eigenvalue weighted by Crippen LogP contribution is 2.35. The maximum Gasteiger partial charge on any atom is 0.274 e. The summed E-state index contributed by atoms with van der Waals surface area (Å²) in [4.78, 5) is 11.9. The van der Waals surface area contributed by atoms with Crippen LogP contribution in [0.1, 0.15) is 10.5 Å². The normalized spacial score (nSPS) is 10.4. The highest BCUT2D eigenvalue weighted by atomic mass is 35.5. The third kappa shape index (κ3) is 2.42. The fraction of sp³-hybridized carbons (Fsp3) is 0.0909. The van der Waals surface area contributed by atoms with Crippen LogP contribution >= 0.6 is 23.2 Å². The van der Waals surface area contributed by atoms with Gasteiger partial charge in [-0.15, -0.1) is 0 Å². The SMILES string of the molecule is Cn1nccc1C(=O)Nc1cc(Cl)cc(Cl)c1O. The number of halogens is 2. The minimum absolute atomic E-state index is 0.0720. The van der Waals surface area contributed by atoms with Gasteiger partial charge in [0.1, 0.15) is 5.69 Å². The van der Waals surface area contributed by atoms with Crippen LogP contribution < -0.4 is 5.32 Å². The van der Waals surface area contributed by atoms with E-state index in [9.17, 15) is 9.90 Å². The summed E-state index contributed by atoms with van der Waals surface area (Å²) in [6.45, 7) is 0. The van der Waals surface area contributed by atoms with Crippen molar-refractivity contribution < 1.29 is 9.90 Å². The number of nitrogens with zero attached hydrogens (tertiary/aromatic N) is 2. The summed E-state index contributed by atoms with van der Waals surface area (Å²) < 4.78 is 1.42. The van der Waals surface area contributed by atoms with Gasteiger partial charge in [0.15, 0.2) is 5.75 Å². The van der Waals surface area contributed by atoms with Crippen molar-refractivity contribution in [1.29, 1.82) is 0 Å². The highest BCUT2D eigenvalue weighted by Gasteiger charge is 2.14. The smallest absolute Gasteiger partial charge is 0.274 e. The number of aromatic nitrogens is 2. The zero-order valence-corrected chi connectivity index (χ0v) is 10.8. The van der Waals surface area contributed by atoms with Gasteiger partial charge >= 0.3 is 0 Å². The molecule has 2 aromatic rings. The zero-order valence-electron chi connectivity index (χ0n) is 9.32. The van der Waals surface area contributed by atoms with Gasteiger partial charge in [-0.2, -0.15) is 5.10 Å². The minimum atomic E-state index is -0.413. The summed E-state index contributed by atoms with van der Waals surface area (Å²) in [5.74, 6) is -0.639. The lowest BCUT2D eigenvalue weighted by atomic mass is 10.2. The third-order valence-corrected chi connectivity index (χ3v) is 2.84. The second-order valence-corrected chi connectivity index (χ2v) is 4.42. The number of hydrogen-bond donors (Lipinski definition) is 2. The number of phenols is 1. The standard InChI is InChI=1S/C11H9Cl2N3O2/c1-16-9(2-3-14-16)11(18)15-8-5-6(12)4-7(13)10(8)17/h2-5,17H,1H3,(H,15,18). The molecule has 0 aliphatic carbocycles. The molecule has 7 heteroatoms. The third-order valence-electron chi connectivity index (χ3n) is 2.33. The van der Waals surface area contributed by atoms with E-state index in [0.717, 1.165) is 0 Å². The summed E-state index contributed by atoms with van der Waals surface area (Å²) in [7, 11) is 1.64. The van der Waals surface area contributed by atoms with Gasteiger partial charge in [-0.3, -0.25) is 9.48 Å². The first-order valence-corrected chi connectivity index (χ1v) is 5.72. The first-order valence-electron chi connectivity index (χ1n) is 4.96. The first kappa shape index (κ1) is 12.7. The van der Waals surface area contributed by atoms with E-state index in [2.05, 4.69) is 10.4 Å². The molecule has 1 aromatic heterocycles. The summed E-state index contributed by atoms with van der Waals surface area (Å²) >= 11 is 11.6. The summed E-state index contributed by atoms with van der Waals surface area (Å²) in [6.07, 6.45) is 1.50. The maximum atomic E-state index is 11.9. The van der Waals surface area contributed by atoms with Crippen LogP contribution in [0.3, 0.4) is 0 Å². The first-order chi connectivity index (χ1) is 8.49. The van der Waals surface area contributed by atoms with Crippen LogP contribution in [-0.4, -0.2) is 20.8 Å². The monoisotopic (exact) mass is 285 g/mol. The zero-order chi connectivity index (χ0) is 13.3. The molecule has 1 aromatic carbocycles. The maximum absolute atomic E-state index is 11.9. The van der Waals surface area contributed by atoms with Crippen molar-refractivity contribution >= 4 is 34.8 Å². The number of nitrogens with one attached hydrogen (secondary N) is 1. The van der Waals surface area contributed by atoms with E-state index < -0.39 is 5.91 Å². The van der Waals surface area contributed by atoms with Crippen molar-refractivity contribution in [2.45, 2.75) is 0 Å². The Balaban J connectivity index is 2.30. The lowest BCUT2D eigenvalue weighted by Crippen LogP contribution is -2.16. The predicted molar refractivity (Wildman–Crippen MR) is 69.3 cm³/mol. The van der Waals surface area contributed by atoms with Crippen LogP contribution in [0.15, 0.2) is 24.4 Å². The van der Waals surface area contributed by atoms with Crippen molar-refractivity contribution in [2.75, 3.05) is 5.32 Å². The number of aromatic hydroxyl groups is 1. The van der Waals surface area contributed by atoms with Crippen LogP contribution in [-0.2, 0) is 7.05 Å². The number of amides is 1. The Morgan fingerprint density at radius 3 is 2.78 bits per heavy atom. The van der Waals surface area contributed by atoms with E-state index in [0.29, 0.717) is 10.7 Å². The Kier molecular flexibility index (Phi) is 3.45. The van der Waals surface area contributed by atoms with Gasteiger partial charge in [0, 0.05) is 18.3 Å². The molecule has 0 saturated carbocycles. The van der Waals surface area contributed by atoms with Gasteiger partial charge in [0.05, 0.1) is 10.7 Å². The van der Waals surface area contributed by atoms with E-state index in [4.69, 9.17) is 23.2 Å². The van der Waals surface area contributed by atoms with Crippen LogP contribution in [0, 0.1) is 0 Å². The van der Waals surface area contributed by atoms with Crippen LogP contribution in [0.5, 0.6) is 5.75 Å². The number of benzene rings is 1. The average Bonchev–Trinajstić information content (AvgIpc) is 2.71. The second kappa shape index (κ2) is 4.88. The van der Waals surface area contributed by atoms with E-state index in [1.807, 2.05) is 0 Å². The Labute approximate surface area is 113 Å². The lowest BCUT2D eigenvalue weighted by Gasteiger charge is -2.09. The van der Waals surface area contributed by atoms with Crippen molar-refractivity contribution in [3.63, 3.8) is 0 Å². The van der Waals surface area contributed by atoms with Gasteiger partial charge < -0.3 is 10.4 Å². The molecule has 0 fully saturated rings. The van der Waals surface area contributed by atoms with Gasteiger partial charge in [-0.05, 0) is 18.2 Å². The molecular weight excluding hydrogens is 277 g/mol. The molecule has 0 saturated heterocycles. The molecule has 0 aliphatic heterocycles. The molecule has 2 rings (SSSR count). The molecule has 0 radical (unpaired) electrons. The second-order valence-electron chi connectivity index (χ2n) is 3.58. The number of hydrogen-bond acceptors (Lipinski definition) is 3. The molecule has 5 nitrogen and oxygen atoms in total. The van der Waals surface area contributed by atoms with E-state index in [1.165, 1.54) is 23.0 Å². The molecule has 0 aliphatic rings. The van der Waals surface area contributed by atoms with E-state index in [-0.39, 0.29) is 16.5 Å². The van der Waals surface area contributed by atoms with Gasteiger partial charge in [-0.25, -0.2) is 0 Å². The quantitative estimate of drug-likeness (QED) is 0.834. The predicted octanol–water partition coefficient (Wildman–Crippen LogP) is 2.68. The van der Waals surface area contributed by atoms with Gasteiger partial charge in [0.25, 0.3) is 5.91 Å². The van der Waals surface area contributed by atoms with Crippen LogP contribution in [0.2, 0.25) is 10.0 Å². The molecule has 0 bridgehead atoms. The molecule has 2 N–H and O–H groups in total. The Morgan fingerprint density at radius 2 is 2.17 bits per heavy atom. The number of anilines is 1. The largest absolute Gasteiger partial charge is 0.504 e. The molecule has 0 spiro atoms. The lowest BCUT2D eigenvalue weighted by molar-refractivity contribution is 0.101. The molecule has 0 unspecified atom stereocenters. The molecule has 0 atom stereocenters. The van der Waals surface area contributed by atoms with Crippen molar-refractivity contribution in [1.82, 2.24) is 9.78 Å². The molecule has 18 heavy (non-hydrogen) atoms. The van der Waals surface area contributed by atoms with Crippen molar-refractivity contribution in [3.05, 3.63) is 40.1 Å². The van der Waals surface area contributed by atoms with Crippen molar-refractivity contribution in [3.8, 4) is 5.75 Å². The van der Waals surface area contributed by atoms with Crippen molar-refractivity contribution in [2.24, 2.45) is 7.05 Å². The number of rotatable bonds is 2. The minimum Gasteiger partial charge on any atom is -0.504 e. The fourth-order valence-electron chi connectivity index (χ4n) is 1.44. The number of aryl methyl sites for hydroxylation is 1. The number of carbonyl (C=O) groups is 1. The van der Waals surface area contributed by atoms with Gasteiger partial charge in [0.2, 0.25) is 0 Å². The molecule has 94 valence electrons. The number of carbonyl (C=O) groups excluding carboxylic acids is 1. The Bertz CT molecular complexity index is 610. The summed E-state index contributed by atoms with van der Waals surface area (Å²) in [5, 5.41) is 16.5. The Morgan fingerprint density at radius 1 is 1.44 bits per heavy atom. The van der Waals surface area contributed by atoms with Crippen LogP contribution in [0.4, 0.5) is 5.69 Å². The van der Waals surface area contributed by atoms with E-state index in [1.54, 1.807) is 13.1 Å².